The lowest BCUT2D eigenvalue weighted by Gasteiger charge is -2.49. The van der Waals surface area contributed by atoms with Gasteiger partial charge in [0.15, 0.2) is 11.6 Å². The fourth-order valence-corrected chi connectivity index (χ4v) is 4.48. The molecule has 30 heavy (non-hydrogen) atoms. The highest BCUT2D eigenvalue weighted by Gasteiger charge is 2.36. The average molecular weight is 417 g/mol. The summed E-state index contributed by atoms with van der Waals surface area (Å²) in [6.07, 6.45) is 0. The van der Waals surface area contributed by atoms with Crippen LogP contribution in [-0.4, -0.2) is 42.1 Å². The van der Waals surface area contributed by atoms with Crippen molar-refractivity contribution in [1.82, 2.24) is 9.80 Å². The van der Waals surface area contributed by atoms with Crippen LogP contribution in [0.2, 0.25) is 0 Å². The molecule has 5 heteroatoms. The van der Waals surface area contributed by atoms with Gasteiger partial charge < -0.3 is 4.74 Å². The van der Waals surface area contributed by atoms with Crippen LogP contribution in [0.4, 0.5) is 8.78 Å². The van der Waals surface area contributed by atoms with Crippen molar-refractivity contribution >= 4 is 0 Å². The zero-order chi connectivity index (χ0) is 22.1. The van der Waals surface area contributed by atoms with Crippen LogP contribution < -0.4 is 4.74 Å². The summed E-state index contributed by atoms with van der Waals surface area (Å²) >= 11 is 0. The molecule has 0 saturated carbocycles. The molecule has 164 valence electrons. The van der Waals surface area contributed by atoms with Crippen LogP contribution in [0.5, 0.6) is 5.75 Å². The molecule has 3 rings (SSSR count). The summed E-state index contributed by atoms with van der Waals surface area (Å²) < 4.78 is 33.7. The van der Waals surface area contributed by atoms with Crippen molar-refractivity contribution in [3.63, 3.8) is 0 Å². The van der Waals surface area contributed by atoms with Crippen LogP contribution in [-0.2, 0) is 6.54 Å². The lowest BCUT2D eigenvalue weighted by Crippen LogP contribution is -2.55. The van der Waals surface area contributed by atoms with Gasteiger partial charge in [-0.15, -0.1) is 0 Å². The van der Waals surface area contributed by atoms with Crippen molar-refractivity contribution in [1.29, 1.82) is 0 Å². The van der Waals surface area contributed by atoms with Gasteiger partial charge in [0.05, 0.1) is 7.11 Å². The van der Waals surface area contributed by atoms with E-state index in [4.69, 9.17) is 4.74 Å². The van der Waals surface area contributed by atoms with Crippen LogP contribution in [0.1, 0.15) is 63.3 Å². The van der Waals surface area contributed by atoms with E-state index in [1.165, 1.54) is 24.3 Å². The molecule has 2 aromatic rings. The number of methoxy groups -OCH3 is 1. The first kappa shape index (κ1) is 22.7. The third-order valence-electron chi connectivity index (χ3n) is 6.04. The minimum absolute atomic E-state index is 0.0122. The number of nitrogens with zero attached hydrogens (tertiary/aromatic N) is 2. The van der Waals surface area contributed by atoms with Crippen LogP contribution >= 0.6 is 0 Å². The summed E-state index contributed by atoms with van der Waals surface area (Å²) in [4.78, 5) is 4.77. The Morgan fingerprint density at radius 1 is 1.03 bits per heavy atom. The smallest absolute Gasteiger partial charge is 0.200 e. The van der Waals surface area contributed by atoms with Gasteiger partial charge in [-0.1, -0.05) is 44.2 Å². The van der Waals surface area contributed by atoms with E-state index >= 15 is 0 Å². The molecule has 3 nitrogen and oxygen atoms in total. The van der Waals surface area contributed by atoms with Crippen molar-refractivity contribution in [2.75, 3.05) is 26.7 Å². The van der Waals surface area contributed by atoms with E-state index in [-0.39, 0.29) is 17.3 Å². The van der Waals surface area contributed by atoms with Crippen molar-refractivity contribution < 1.29 is 13.5 Å². The molecule has 1 atom stereocenters. The highest BCUT2D eigenvalue weighted by atomic mass is 19.2. The maximum atomic E-state index is 14.6. The number of hydrogen-bond donors (Lipinski definition) is 0. The van der Waals surface area contributed by atoms with Gasteiger partial charge >= 0.3 is 0 Å². The zero-order valence-electron chi connectivity index (χ0n) is 19.0. The molecule has 1 aliphatic rings. The van der Waals surface area contributed by atoms with E-state index in [9.17, 15) is 8.78 Å². The predicted molar refractivity (Wildman–Crippen MR) is 118 cm³/mol. The number of rotatable bonds is 5. The lowest BCUT2D eigenvalue weighted by atomic mass is 9.88. The molecule has 0 N–H and O–H groups in total. The largest absolute Gasteiger partial charge is 0.494 e. The second-order valence-corrected chi connectivity index (χ2v) is 9.45. The van der Waals surface area contributed by atoms with Gasteiger partial charge in [0.1, 0.15) is 0 Å². The van der Waals surface area contributed by atoms with Crippen LogP contribution in [0, 0.1) is 11.6 Å². The topological polar surface area (TPSA) is 15.7 Å². The first-order valence-corrected chi connectivity index (χ1v) is 10.7. The summed E-state index contributed by atoms with van der Waals surface area (Å²) in [7, 11) is 1.35. The normalized spacial score (nSPS) is 18.8. The molecule has 1 fully saturated rings. The summed E-state index contributed by atoms with van der Waals surface area (Å²) in [6.45, 7) is 14.0. The first-order valence-electron chi connectivity index (χ1n) is 10.7. The van der Waals surface area contributed by atoms with E-state index in [2.05, 4.69) is 68.7 Å². The Hall–Kier alpha value is -1.98. The van der Waals surface area contributed by atoms with Crippen LogP contribution in [0.25, 0.3) is 0 Å². The average Bonchev–Trinajstić information content (AvgIpc) is 2.70. The molecule has 1 heterocycles. The van der Waals surface area contributed by atoms with Crippen LogP contribution in [0.15, 0.2) is 36.4 Å². The minimum atomic E-state index is -0.912. The Balaban J connectivity index is 1.91. The molecular formula is C25H34F2N2O. The van der Waals surface area contributed by atoms with Gasteiger partial charge in [0.25, 0.3) is 0 Å². The van der Waals surface area contributed by atoms with Crippen molar-refractivity contribution in [3.05, 3.63) is 64.7 Å². The molecule has 1 saturated heterocycles. The lowest BCUT2D eigenvalue weighted by molar-refractivity contribution is 0.00516. The fraction of sp³-hybridized carbons (Fsp3) is 0.520. The molecule has 2 aromatic carbocycles. The third-order valence-corrected chi connectivity index (χ3v) is 6.04. The molecule has 0 aromatic heterocycles. The highest BCUT2D eigenvalue weighted by Crippen LogP contribution is 2.36. The molecule has 1 unspecified atom stereocenters. The van der Waals surface area contributed by atoms with Crippen molar-refractivity contribution in [3.8, 4) is 5.75 Å². The van der Waals surface area contributed by atoms with E-state index in [0.29, 0.717) is 18.0 Å². The number of benzene rings is 2. The van der Waals surface area contributed by atoms with Gasteiger partial charge in [-0.05, 0) is 43.9 Å². The van der Waals surface area contributed by atoms with Gasteiger partial charge in [-0.3, -0.25) is 9.80 Å². The highest BCUT2D eigenvalue weighted by molar-refractivity contribution is 5.34. The van der Waals surface area contributed by atoms with E-state index in [0.717, 1.165) is 19.6 Å². The maximum absolute atomic E-state index is 14.6. The Kier molecular flexibility index (Phi) is 6.83. The molecule has 0 amide bonds. The summed E-state index contributed by atoms with van der Waals surface area (Å²) in [6, 6.07) is 11.9. The quantitative estimate of drug-likeness (QED) is 0.617. The van der Waals surface area contributed by atoms with Gasteiger partial charge in [0.2, 0.25) is 5.82 Å². The first-order chi connectivity index (χ1) is 14.1. The monoisotopic (exact) mass is 416 g/mol. The number of halogens is 2. The van der Waals surface area contributed by atoms with E-state index < -0.39 is 11.6 Å². The van der Waals surface area contributed by atoms with Gasteiger partial charge in [0, 0.05) is 43.3 Å². The standard InChI is InChI=1S/C25H34F2N2O/c1-17(2)19-9-7-8-10-20(19)21-16-28(13-14-29(21)25(3,4)5)15-18-11-12-22(30-6)24(27)23(18)26/h7-12,17,21H,13-16H2,1-6H3. The Morgan fingerprint density at radius 2 is 1.73 bits per heavy atom. The molecule has 1 aliphatic heterocycles. The van der Waals surface area contributed by atoms with E-state index in [1.807, 2.05) is 0 Å². The van der Waals surface area contributed by atoms with Gasteiger partial charge in [-0.25, -0.2) is 4.39 Å². The minimum Gasteiger partial charge on any atom is -0.494 e. The van der Waals surface area contributed by atoms with E-state index in [1.54, 1.807) is 6.07 Å². The SMILES string of the molecule is COc1ccc(CN2CCN(C(C)(C)C)C(c3ccccc3C(C)C)C2)c(F)c1F. The second-order valence-electron chi connectivity index (χ2n) is 9.45. The summed E-state index contributed by atoms with van der Waals surface area (Å²) in [5.74, 6) is -1.36. The molecule has 0 aliphatic carbocycles. The second kappa shape index (κ2) is 9.03. The third kappa shape index (κ3) is 4.68. The molecule has 0 spiro atoms. The summed E-state index contributed by atoms with van der Waals surface area (Å²) in [5.41, 5.74) is 3.06. The zero-order valence-corrected chi connectivity index (χ0v) is 19.0. The Labute approximate surface area is 179 Å². The van der Waals surface area contributed by atoms with Gasteiger partial charge in [-0.2, -0.15) is 4.39 Å². The Bertz CT molecular complexity index is 876. The molecular weight excluding hydrogens is 382 g/mol. The fourth-order valence-electron chi connectivity index (χ4n) is 4.48. The van der Waals surface area contributed by atoms with Crippen molar-refractivity contribution in [2.24, 2.45) is 0 Å². The molecule has 0 bridgehead atoms. The maximum Gasteiger partial charge on any atom is 0.200 e. The Morgan fingerprint density at radius 3 is 2.37 bits per heavy atom. The molecule has 0 radical (unpaired) electrons. The summed E-state index contributed by atoms with van der Waals surface area (Å²) in [5, 5.41) is 0. The number of ether oxygens (including phenoxy) is 1. The number of hydrogen-bond acceptors (Lipinski definition) is 3. The number of piperazine rings is 1. The van der Waals surface area contributed by atoms with Crippen molar-refractivity contribution in [2.45, 2.75) is 58.7 Å². The predicted octanol–water partition coefficient (Wildman–Crippen LogP) is 5.75. The van der Waals surface area contributed by atoms with Crippen LogP contribution in [0.3, 0.4) is 0 Å².